The summed E-state index contributed by atoms with van der Waals surface area (Å²) in [4.78, 5) is 12.8. The Bertz CT molecular complexity index is 549. The first kappa shape index (κ1) is 14.3. The van der Waals surface area contributed by atoms with E-state index in [0.717, 1.165) is 0 Å². The number of nitrogens with zero attached hydrogens (tertiary/aromatic N) is 3. The summed E-state index contributed by atoms with van der Waals surface area (Å²) in [5.74, 6) is 0. The van der Waals surface area contributed by atoms with E-state index in [0.29, 0.717) is 23.8 Å². The highest BCUT2D eigenvalue weighted by Crippen LogP contribution is 2.28. The fourth-order valence-corrected chi connectivity index (χ4v) is 2.15. The number of hydrogen-bond acceptors (Lipinski definition) is 5. The third-order valence-electron chi connectivity index (χ3n) is 3.73. The minimum atomic E-state index is -0.432. The van der Waals surface area contributed by atoms with Crippen molar-refractivity contribution in [2.45, 2.75) is 31.8 Å². The van der Waals surface area contributed by atoms with E-state index in [1.54, 1.807) is 0 Å². The molecular weight excluding hydrogens is 256 g/mol. The van der Waals surface area contributed by atoms with Crippen LogP contribution < -0.4 is 5.32 Å². The minimum Gasteiger partial charge on any atom is -0.378 e. The summed E-state index contributed by atoms with van der Waals surface area (Å²) >= 11 is 0. The highest BCUT2D eigenvalue weighted by molar-refractivity contribution is 5.64. The molecule has 0 aliphatic heterocycles. The second kappa shape index (κ2) is 5.88. The molecule has 1 unspecified atom stereocenters. The molecule has 1 aromatic carbocycles. The molecule has 0 saturated heterocycles. The third-order valence-corrected chi connectivity index (χ3v) is 3.73. The van der Waals surface area contributed by atoms with Crippen LogP contribution in [0.3, 0.4) is 0 Å². The summed E-state index contributed by atoms with van der Waals surface area (Å²) in [6.07, 6.45) is 2.45. The Kier molecular flexibility index (Phi) is 4.20. The van der Waals surface area contributed by atoms with Crippen molar-refractivity contribution < 1.29 is 4.92 Å². The van der Waals surface area contributed by atoms with Crippen molar-refractivity contribution in [3.63, 3.8) is 0 Å². The van der Waals surface area contributed by atoms with Gasteiger partial charge in [0.2, 0.25) is 0 Å². The van der Waals surface area contributed by atoms with E-state index < -0.39 is 4.92 Å². The molecule has 0 radical (unpaired) electrons. The topological polar surface area (TPSA) is 82.2 Å². The van der Waals surface area contributed by atoms with Crippen LogP contribution >= 0.6 is 0 Å². The van der Waals surface area contributed by atoms with Gasteiger partial charge in [-0.3, -0.25) is 15.0 Å². The molecule has 1 fully saturated rings. The maximum Gasteiger partial charge on any atom is 0.292 e. The van der Waals surface area contributed by atoms with Gasteiger partial charge in [0, 0.05) is 24.7 Å². The van der Waals surface area contributed by atoms with Crippen molar-refractivity contribution in [2.75, 3.05) is 18.9 Å². The number of nitro benzene ring substituents is 1. The molecule has 106 valence electrons. The molecule has 1 atom stereocenters. The summed E-state index contributed by atoms with van der Waals surface area (Å²) in [6, 6.07) is 7.29. The van der Waals surface area contributed by atoms with Crippen LogP contribution in [0.1, 0.15) is 25.3 Å². The molecule has 6 nitrogen and oxygen atoms in total. The zero-order valence-corrected chi connectivity index (χ0v) is 11.7. The van der Waals surface area contributed by atoms with E-state index in [1.807, 2.05) is 6.07 Å². The number of nitrogens with one attached hydrogen (secondary N) is 1. The molecule has 0 amide bonds. The van der Waals surface area contributed by atoms with Crippen LogP contribution in [0.4, 0.5) is 11.4 Å². The number of benzene rings is 1. The smallest absolute Gasteiger partial charge is 0.292 e. The lowest BCUT2D eigenvalue weighted by molar-refractivity contribution is -0.384. The van der Waals surface area contributed by atoms with Crippen molar-refractivity contribution in [2.24, 2.45) is 0 Å². The van der Waals surface area contributed by atoms with Crippen LogP contribution in [-0.2, 0) is 0 Å². The van der Waals surface area contributed by atoms with Gasteiger partial charge in [-0.1, -0.05) is 0 Å². The SMILES string of the molecule is CC(CNc1cc(C#N)ccc1[N+](=O)[O-])N(C)C1CC1. The molecular formula is C14H18N4O2. The molecule has 2 rings (SSSR count). The summed E-state index contributed by atoms with van der Waals surface area (Å²) in [6.45, 7) is 2.70. The lowest BCUT2D eigenvalue weighted by Crippen LogP contribution is -2.36. The third kappa shape index (κ3) is 3.25. The van der Waals surface area contributed by atoms with Crippen molar-refractivity contribution >= 4 is 11.4 Å². The largest absolute Gasteiger partial charge is 0.378 e. The Morgan fingerprint density at radius 2 is 2.30 bits per heavy atom. The van der Waals surface area contributed by atoms with Crippen molar-refractivity contribution in [3.05, 3.63) is 33.9 Å². The van der Waals surface area contributed by atoms with Crippen LogP contribution in [-0.4, -0.2) is 35.5 Å². The van der Waals surface area contributed by atoms with Gasteiger partial charge in [-0.25, -0.2) is 0 Å². The molecule has 0 bridgehead atoms. The average Bonchev–Trinajstić information content (AvgIpc) is 3.27. The van der Waals surface area contributed by atoms with E-state index in [-0.39, 0.29) is 11.7 Å². The van der Waals surface area contributed by atoms with E-state index in [2.05, 4.69) is 24.2 Å². The second-order valence-corrected chi connectivity index (χ2v) is 5.23. The number of nitriles is 1. The van der Waals surface area contributed by atoms with Crippen LogP contribution in [0.15, 0.2) is 18.2 Å². The molecule has 1 N–H and O–H groups in total. The standard InChI is InChI=1S/C14H18N4O2/c1-10(17(2)12-4-5-12)9-16-13-7-11(8-15)3-6-14(13)18(19)20/h3,6-7,10,12,16H,4-5,9H2,1-2H3. The van der Waals surface area contributed by atoms with Crippen molar-refractivity contribution in [1.82, 2.24) is 4.90 Å². The number of hydrogen-bond donors (Lipinski definition) is 1. The maximum absolute atomic E-state index is 11.0. The van der Waals surface area contributed by atoms with Crippen molar-refractivity contribution in [1.29, 1.82) is 5.26 Å². The van der Waals surface area contributed by atoms with E-state index in [1.165, 1.54) is 31.0 Å². The van der Waals surface area contributed by atoms with Crippen LogP contribution in [0.5, 0.6) is 0 Å². The fourth-order valence-electron chi connectivity index (χ4n) is 2.15. The normalized spacial score (nSPS) is 15.7. The molecule has 1 aliphatic carbocycles. The first-order chi connectivity index (χ1) is 9.52. The predicted molar refractivity (Wildman–Crippen MR) is 76.5 cm³/mol. The lowest BCUT2D eigenvalue weighted by Gasteiger charge is -2.25. The Morgan fingerprint density at radius 1 is 1.60 bits per heavy atom. The average molecular weight is 274 g/mol. The summed E-state index contributed by atoms with van der Waals surface area (Å²) < 4.78 is 0. The molecule has 1 aliphatic rings. The van der Waals surface area contributed by atoms with Crippen LogP contribution in [0, 0.1) is 21.4 Å². The summed E-state index contributed by atoms with van der Waals surface area (Å²) in [7, 11) is 2.07. The summed E-state index contributed by atoms with van der Waals surface area (Å²) in [5.41, 5.74) is 0.830. The maximum atomic E-state index is 11.0. The number of nitro groups is 1. The Morgan fingerprint density at radius 3 is 2.85 bits per heavy atom. The minimum absolute atomic E-state index is 0.00488. The Labute approximate surface area is 118 Å². The van der Waals surface area contributed by atoms with Crippen molar-refractivity contribution in [3.8, 4) is 6.07 Å². The fraction of sp³-hybridized carbons (Fsp3) is 0.500. The first-order valence-corrected chi connectivity index (χ1v) is 6.67. The monoisotopic (exact) mass is 274 g/mol. The van der Waals surface area contributed by atoms with E-state index in [9.17, 15) is 10.1 Å². The van der Waals surface area contributed by atoms with Gasteiger partial charge in [0.25, 0.3) is 5.69 Å². The van der Waals surface area contributed by atoms with Gasteiger partial charge < -0.3 is 5.32 Å². The number of rotatable bonds is 6. The zero-order valence-electron chi connectivity index (χ0n) is 11.7. The quantitative estimate of drug-likeness (QED) is 0.636. The van der Waals surface area contributed by atoms with Gasteiger partial charge in [0.1, 0.15) is 5.69 Å². The highest BCUT2D eigenvalue weighted by Gasteiger charge is 2.29. The van der Waals surface area contributed by atoms with Crippen LogP contribution in [0.2, 0.25) is 0 Å². The molecule has 1 saturated carbocycles. The highest BCUT2D eigenvalue weighted by atomic mass is 16.6. The molecule has 0 aromatic heterocycles. The van der Waals surface area contributed by atoms with Gasteiger partial charge in [-0.05, 0) is 38.9 Å². The number of anilines is 1. The molecule has 6 heteroatoms. The van der Waals surface area contributed by atoms with Gasteiger partial charge in [-0.2, -0.15) is 5.26 Å². The van der Waals surface area contributed by atoms with E-state index >= 15 is 0 Å². The van der Waals surface area contributed by atoms with Gasteiger partial charge in [-0.15, -0.1) is 0 Å². The molecule has 0 heterocycles. The first-order valence-electron chi connectivity index (χ1n) is 6.67. The Balaban J connectivity index is 2.07. The van der Waals surface area contributed by atoms with E-state index in [4.69, 9.17) is 5.26 Å². The van der Waals surface area contributed by atoms with Gasteiger partial charge in [0.15, 0.2) is 0 Å². The lowest BCUT2D eigenvalue weighted by atomic mass is 10.1. The van der Waals surface area contributed by atoms with Crippen LogP contribution in [0.25, 0.3) is 0 Å². The zero-order chi connectivity index (χ0) is 14.7. The van der Waals surface area contributed by atoms with Gasteiger partial charge >= 0.3 is 0 Å². The summed E-state index contributed by atoms with van der Waals surface area (Å²) in [5, 5.41) is 23.0. The molecule has 20 heavy (non-hydrogen) atoms. The molecule has 0 spiro atoms. The number of likely N-dealkylation sites (N-methyl/N-ethyl adjacent to an activating group) is 1. The molecule has 1 aromatic rings. The Hall–Kier alpha value is -2.13. The predicted octanol–water partition coefficient (Wildman–Crippen LogP) is 2.36. The second-order valence-electron chi connectivity index (χ2n) is 5.23. The van der Waals surface area contributed by atoms with Gasteiger partial charge in [0.05, 0.1) is 16.6 Å².